The Morgan fingerprint density at radius 2 is 1.90 bits per heavy atom. The number of benzene rings is 1. The van der Waals surface area contributed by atoms with Crippen molar-refractivity contribution in [2.24, 2.45) is 0 Å². The topological polar surface area (TPSA) is 104 Å². The molecular formula is C20H14ClF3N6O. The van der Waals surface area contributed by atoms with Crippen LogP contribution in [0.2, 0.25) is 5.02 Å². The van der Waals surface area contributed by atoms with E-state index in [4.69, 9.17) is 16.9 Å². The minimum atomic E-state index is -4.65. The monoisotopic (exact) mass is 446 g/mol. The van der Waals surface area contributed by atoms with Gasteiger partial charge >= 0.3 is 12.2 Å². The van der Waals surface area contributed by atoms with Crippen molar-refractivity contribution in [2.75, 3.05) is 5.32 Å². The maximum absolute atomic E-state index is 13.0. The number of amides is 2. The number of halogens is 4. The van der Waals surface area contributed by atoms with Gasteiger partial charge < -0.3 is 10.6 Å². The molecule has 2 N–H and O–H groups in total. The Labute approximate surface area is 179 Å². The van der Waals surface area contributed by atoms with Gasteiger partial charge in [0.05, 0.1) is 33.6 Å². The van der Waals surface area contributed by atoms with Gasteiger partial charge in [0, 0.05) is 24.3 Å². The van der Waals surface area contributed by atoms with E-state index in [0.29, 0.717) is 22.6 Å². The number of carbonyl (C=O) groups excluding carboxylic acids is 1. The van der Waals surface area contributed by atoms with Crippen LogP contribution in [0.4, 0.5) is 23.7 Å². The number of pyridine rings is 1. The van der Waals surface area contributed by atoms with E-state index in [1.54, 1.807) is 19.1 Å². The number of hydrogen-bond donors (Lipinski definition) is 2. The van der Waals surface area contributed by atoms with E-state index in [1.807, 2.05) is 6.07 Å². The molecule has 1 atom stereocenters. The molecule has 11 heteroatoms. The highest BCUT2D eigenvalue weighted by Gasteiger charge is 2.33. The summed E-state index contributed by atoms with van der Waals surface area (Å²) in [5.74, 6) is 0. The van der Waals surface area contributed by atoms with Crippen molar-refractivity contribution < 1.29 is 18.0 Å². The Balaban J connectivity index is 1.77. The molecule has 2 aromatic heterocycles. The molecule has 0 aliphatic rings. The average Bonchev–Trinajstić information content (AvgIpc) is 2.74. The van der Waals surface area contributed by atoms with Crippen molar-refractivity contribution in [1.29, 1.82) is 5.26 Å². The number of aromatic nitrogens is 3. The lowest BCUT2D eigenvalue weighted by Crippen LogP contribution is -2.32. The molecule has 0 aliphatic heterocycles. The molecule has 3 rings (SSSR count). The van der Waals surface area contributed by atoms with Crippen molar-refractivity contribution in [2.45, 2.75) is 19.1 Å². The van der Waals surface area contributed by atoms with Gasteiger partial charge in [0.1, 0.15) is 11.8 Å². The summed E-state index contributed by atoms with van der Waals surface area (Å²) in [6.45, 7) is 1.64. The van der Waals surface area contributed by atoms with Crippen LogP contribution in [0.3, 0.4) is 0 Å². The first kappa shape index (κ1) is 22.0. The first-order chi connectivity index (χ1) is 14.7. The van der Waals surface area contributed by atoms with Crippen molar-refractivity contribution in [3.63, 3.8) is 0 Å². The number of rotatable bonds is 4. The molecule has 2 amide bonds. The molecule has 7 nitrogen and oxygen atoms in total. The predicted molar refractivity (Wildman–Crippen MR) is 107 cm³/mol. The van der Waals surface area contributed by atoms with Gasteiger partial charge in [-0.2, -0.15) is 18.4 Å². The normalized spacial score (nSPS) is 12.0. The van der Waals surface area contributed by atoms with Crippen LogP contribution in [0.25, 0.3) is 11.4 Å². The third-order valence-electron chi connectivity index (χ3n) is 4.15. The Kier molecular flexibility index (Phi) is 6.36. The number of nitrogens with zero attached hydrogens (tertiary/aromatic N) is 4. The molecule has 2 heterocycles. The summed E-state index contributed by atoms with van der Waals surface area (Å²) in [5, 5.41) is 13.4. The number of carbonyl (C=O) groups is 1. The summed E-state index contributed by atoms with van der Waals surface area (Å²) in [6.07, 6.45) is -0.371. The Morgan fingerprint density at radius 3 is 2.55 bits per heavy atom. The van der Waals surface area contributed by atoms with Gasteiger partial charge in [-0.3, -0.25) is 15.0 Å². The van der Waals surface area contributed by atoms with Gasteiger partial charge in [-0.05, 0) is 37.3 Å². The Bertz CT molecular complexity index is 1140. The maximum atomic E-state index is 13.0. The molecule has 0 bridgehead atoms. The van der Waals surface area contributed by atoms with Crippen LogP contribution < -0.4 is 10.6 Å². The van der Waals surface area contributed by atoms with Gasteiger partial charge in [0.2, 0.25) is 0 Å². The molecule has 0 saturated heterocycles. The summed E-state index contributed by atoms with van der Waals surface area (Å²) >= 11 is 5.59. The fourth-order valence-corrected chi connectivity index (χ4v) is 2.94. The molecular weight excluding hydrogens is 433 g/mol. The molecule has 3 aromatic rings. The third-order valence-corrected chi connectivity index (χ3v) is 4.48. The first-order valence-electron chi connectivity index (χ1n) is 8.80. The standard InChI is InChI=1S/C20H14ClF3N6O/c1-11(17-18(27-7-6-26-17)16-5-2-12(9-25)10-28-16)29-19(31)30-13-3-4-15(21)14(8-13)20(22,23)24/h2-8,10-11H,1H3,(H2,29,30,31)/t11-/m0/s1. The zero-order chi connectivity index (χ0) is 22.6. The lowest BCUT2D eigenvalue weighted by molar-refractivity contribution is -0.137. The van der Waals surface area contributed by atoms with Crippen LogP contribution in [0.1, 0.15) is 29.8 Å². The zero-order valence-corrected chi connectivity index (χ0v) is 16.7. The van der Waals surface area contributed by atoms with E-state index >= 15 is 0 Å². The molecule has 0 aliphatic carbocycles. The fourth-order valence-electron chi connectivity index (χ4n) is 2.72. The second-order valence-corrected chi connectivity index (χ2v) is 6.75. The Morgan fingerprint density at radius 1 is 1.16 bits per heavy atom. The molecule has 0 spiro atoms. The molecule has 0 saturated carbocycles. The SMILES string of the molecule is C[C@H](NC(=O)Nc1ccc(Cl)c(C(F)(F)F)c1)c1nccnc1-c1ccc(C#N)cn1. The first-order valence-corrected chi connectivity index (χ1v) is 9.18. The maximum Gasteiger partial charge on any atom is 0.417 e. The Hall–Kier alpha value is -3.71. The minimum Gasteiger partial charge on any atom is -0.330 e. The van der Waals surface area contributed by atoms with E-state index in [9.17, 15) is 18.0 Å². The van der Waals surface area contributed by atoms with Crippen molar-refractivity contribution in [3.8, 4) is 17.5 Å². The average molecular weight is 447 g/mol. The largest absolute Gasteiger partial charge is 0.417 e. The number of anilines is 1. The quantitative estimate of drug-likeness (QED) is 0.589. The van der Waals surface area contributed by atoms with Crippen LogP contribution in [0.5, 0.6) is 0 Å². The van der Waals surface area contributed by atoms with Gasteiger partial charge in [0.15, 0.2) is 0 Å². The number of nitriles is 1. The van der Waals surface area contributed by atoms with Crippen molar-refractivity contribution in [1.82, 2.24) is 20.3 Å². The molecule has 1 aromatic carbocycles. The van der Waals surface area contributed by atoms with Crippen molar-refractivity contribution >= 4 is 23.3 Å². The lowest BCUT2D eigenvalue weighted by atomic mass is 10.1. The van der Waals surface area contributed by atoms with Gasteiger partial charge in [-0.25, -0.2) is 4.79 Å². The number of hydrogen-bond acceptors (Lipinski definition) is 5. The highest BCUT2D eigenvalue weighted by atomic mass is 35.5. The van der Waals surface area contributed by atoms with E-state index < -0.39 is 28.8 Å². The summed E-state index contributed by atoms with van der Waals surface area (Å²) in [7, 11) is 0. The van der Waals surface area contributed by atoms with Crippen LogP contribution in [-0.2, 0) is 6.18 Å². The molecule has 0 radical (unpaired) electrons. The van der Waals surface area contributed by atoms with Gasteiger partial charge in [-0.15, -0.1) is 0 Å². The van der Waals surface area contributed by atoms with E-state index in [2.05, 4.69) is 25.6 Å². The predicted octanol–water partition coefficient (Wildman–Crippen LogP) is 4.97. The van der Waals surface area contributed by atoms with E-state index in [0.717, 1.165) is 12.1 Å². The number of nitrogens with one attached hydrogen (secondary N) is 2. The molecule has 0 unspecified atom stereocenters. The van der Waals surface area contributed by atoms with E-state index in [1.165, 1.54) is 24.7 Å². The second-order valence-electron chi connectivity index (χ2n) is 6.35. The summed E-state index contributed by atoms with van der Waals surface area (Å²) < 4.78 is 39.0. The lowest BCUT2D eigenvalue weighted by Gasteiger charge is -2.17. The van der Waals surface area contributed by atoms with Crippen LogP contribution >= 0.6 is 11.6 Å². The molecule has 31 heavy (non-hydrogen) atoms. The minimum absolute atomic E-state index is 0.0745. The van der Waals surface area contributed by atoms with Gasteiger partial charge in [-0.1, -0.05) is 11.6 Å². The van der Waals surface area contributed by atoms with Gasteiger partial charge in [0.25, 0.3) is 0 Å². The number of urea groups is 1. The van der Waals surface area contributed by atoms with Crippen molar-refractivity contribution in [3.05, 3.63) is 70.8 Å². The van der Waals surface area contributed by atoms with Crippen LogP contribution in [-0.4, -0.2) is 21.0 Å². The van der Waals surface area contributed by atoms with Crippen LogP contribution in [0.15, 0.2) is 48.9 Å². The zero-order valence-electron chi connectivity index (χ0n) is 15.9. The molecule has 0 fully saturated rings. The van der Waals surface area contributed by atoms with Crippen LogP contribution in [0, 0.1) is 11.3 Å². The summed E-state index contributed by atoms with van der Waals surface area (Å²) in [6, 6.07) is 6.81. The van der Waals surface area contributed by atoms with E-state index in [-0.39, 0.29) is 5.69 Å². The summed E-state index contributed by atoms with van der Waals surface area (Å²) in [5.41, 5.74) is 0.481. The second kappa shape index (κ2) is 8.97. The molecule has 158 valence electrons. The highest BCUT2D eigenvalue weighted by Crippen LogP contribution is 2.36. The fraction of sp³-hybridized carbons (Fsp3) is 0.150. The highest BCUT2D eigenvalue weighted by molar-refractivity contribution is 6.31. The third kappa shape index (κ3) is 5.26. The number of alkyl halides is 3. The summed E-state index contributed by atoms with van der Waals surface area (Å²) in [4.78, 5) is 25.0. The smallest absolute Gasteiger partial charge is 0.330 e.